The molecule has 8 nitrogen and oxygen atoms in total. The van der Waals surface area contributed by atoms with Crippen LogP contribution < -0.4 is 10.6 Å². The number of nitrogens with zero attached hydrogens (tertiary/aromatic N) is 1. The highest BCUT2D eigenvalue weighted by atomic mass is 32.2. The third kappa shape index (κ3) is 11.1. The summed E-state index contributed by atoms with van der Waals surface area (Å²) in [5.74, 6) is 0.129. The minimum absolute atomic E-state index is 0.0545. The fourth-order valence-corrected chi connectivity index (χ4v) is 4.79. The highest BCUT2D eigenvalue weighted by Crippen LogP contribution is 2.21. The number of hydrogen-bond donors (Lipinski definition) is 2. The fraction of sp³-hybridized carbons (Fsp3) is 0.567. The summed E-state index contributed by atoms with van der Waals surface area (Å²) in [6.45, 7) is 10.6. The van der Waals surface area contributed by atoms with E-state index in [2.05, 4.69) is 48.7 Å². The lowest BCUT2D eigenvalue weighted by Gasteiger charge is -2.32. The van der Waals surface area contributed by atoms with Gasteiger partial charge in [-0.25, -0.2) is 9.59 Å². The van der Waals surface area contributed by atoms with E-state index in [-0.39, 0.29) is 24.4 Å². The van der Waals surface area contributed by atoms with Crippen molar-refractivity contribution in [2.75, 3.05) is 32.2 Å². The van der Waals surface area contributed by atoms with Crippen LogP contribution >= 0.6 is 11.8 Å². The van der Waals surface area contributed by atoms with Gasteiger partial charge in [0.25, 0.3) is 0 Å². The van der Waals surface area contributed by atoms with E-state index in [1.807, 2.05) is 50.1 Å². The Bertz CT molecular complexity index is 1080. The van der Waals surface area contributed by atoms with Crippen LogP contribution in [0.5, 0.6) is 0 Å². The Kier molecular flexibility index (Phi) is 13.1. The van der Waals surface area contributed by atoms with Gasteiger partial charge in [0.05, 0.1) is 13.7 Å². The number of hydrogen-bond acceptors (Lipinski definition) is 7. The number of benzene rings is 2. The molecule has 3 unspecified atom stereocenters. The van der Waals surface area contributed by atoms with Crippen LogP contribution in [-0.2, 0) is 25.6 Å². The number of ether oxygens (including phenoxy) is 2. The number of fused-ring (bicyclic) bond motifs is 1. The van der Waals surface area contributed by atoms with Gasteiger partial charge in [-0.05, 0) is 61.5 Å². The van der Waals surface area contributed by atoms with Crippen molar-refractivity contribution < 1.29 is 23.9 Å². The molecule has 0 fully saturated rings. The highest BCUT2D eigenvalue weighted by molar-refractivity contribution is 7.98. The second-order valence-corrected chi connectivity index (χ2v) is 11.9. The van der Waals surface area contributed by atoms with Crippen LogP contribution in [-0.4, -0.2) is 72.8 Å². The van der Waals surface area contributed by atoms with Gasteiger partial charge in [-0.1, -0.05) is 62.7 Å². The molecule has 2 amide bonds. The van der Waals surface area contributed by atoms with Gasteiger partial charge in [0.15, 0.2) is 0 Å². The molecule has 3 atom stereocenters. The molecule has 39 heavy (non-hydrogen) atoms. The van der Waals surface area contributed by atoms with Crippen molar-refractivity contribution in [2.24, 2.45) is 5.92 Å². The van der Waals surface area contributed by atoms with Crippen molar-refractivity contribution in [2.45, 2.75) is 71.7 Å². The molecule has 216 valence electrons. The van der Waals surface area contributed by atoms with E-state index in [1.165, 1.54) is 7.11 Å². The molecule has 0 saturated heterocycles. The van der Waals surface area contributed by atoms with Crippen LogP contribution in [0.4, 0.5) is 4.79 Å². The summed E-state index contributed by atoms with van der Waals surface area (Å²) in [5, 5.41) is 8.13. The van der Waals surface area contributed by atoms with Crippen LogP contribution in [0.3, 0.4) is 0 Å². The van der Waals surface area contributed by atoms with Crippen molar-refractivity contribution in [3.05, 3.63) is 48.0 Å². The van der Waals surface area contributed by atoms with Gasteiger partial charge in [-0.15, -0.1) is 0 Å². The maximum atomic E-state index is 13.3. The summed E-state index contributed by atoms with van der Waals surface area (Å²) >= 11 is 1.60. The lowest BCUT2D eigenvalue weighted by Crippen LogP contribution is -2.51. The third-order valence-corrected chi connectivity index (χ3v) is 7.20. The van der Waals surface area contributed by atoms with E-state index < -0.39 is 23.7 Å². The quantitative estimate of drug-likeness (QED) is 0.315. The molecule has 0 radical (unpaired) electrons. The summed E-state index contributed by atoms with van der Waals surface area (Å²) in [6, 6.07) is 13.3. The Morgan fingerprint density at radius 2 is 1.74 bits per heavy atom. The first kappa shape index (κ1) is 32.4. The number of thioether (sulfide) groups is 1. The van der Waals surface area contributed by atoms with E-state index >= 15 is 0 Å². The summed E-state index contributed by atoms with van der Waals surface area (Å²) in [4.78, 5) is 40.3. The van der Waals surface area contributed by atoms with Gasteiger partial charge in [0.1, 0.15) is 11.6 Å². The number of rotatable bonds is 14. The minimum atomic E-state index is -0.709. The molecule has 2 aromatic rings. The largest absolute Gasteiger partial charge is 0.467 e. The SMILES string of the molecule is CCC(C)C(CN(CC(=O)NC(CCSC)C(=O)OC)Cc1cccc2ccccc12)NC(=O)OC(C)(C)C. The zero-order valence-electron chi connectivity index (χ0n) is 24.4. The van der Waals surface area contributed by atoms with Crippen molar-refractivity contribution >= 4 is 40.5 Å². The Morgan fingerprint density at radius 1 is 1.05 bits per heavy atom. The van der Waals surface area contributed by atoms with Crippen LogP contribution in [0.15, 0.2) is 42.5 Å². The summed E-state index contributed by atoms with van der Waals surface area (Å²) < 4.78 is 10.4. The first-order chi connectivity index (χ1) is 18.5. The van der Waals surface area contributed by atoms with E-state index in [0.717, 1.165) is 28.5 Å². The number of methoxy groups -OCH3 is 1. The number of nitrogens with one attached hydrogen (secondary N) is 2. The first-order valence-electron chi connectivity index (χ1n) is 13.5. The minimum Gasteiger partial charge on any atom is -0.467 e. The summed E-state index contributed by atoms with van der Waals surface area (Å²) in [7, 11) is 1.33. The topological polar surface area (TPSA) is 97.0 Å². The average molecular weight is 560 g/mol. The number of esters is 1. The summed E-state index contributed by atoms with van der Waals surface area (Å²) in [6.07, 6.45) is 2.80. The maximum absolute atomic E-state index is 13.3. The molecule has 0 aliphatic heterocycles. The average Bonchev–Trinajstić information content (AvgIpc) is 2.88. The molecular weight excluding hydrogens is 514 g/mol. The smallest absolute Gasteiger partial charge is 0.407 e. The highest BCUT2D eigenvalue weighted by Gasteiger charge is 2.27. The van der Waals surface area contributed by atoms with Gasteiger partial charge in [0, 0.05) is 19.1 Å². The number of carbonyl (C=O) groups is 3. The van der Waals surface area contributed by atoms with E-state index in [9.17, 15) is 14.4 Å². The Hall–Kier alpha value is -2.78. The van der Waals surface area contributed by atoms with Gasteiger partial charge in [0.2, 0.25) is 5.91 Å². The lowest BCUT2D eigenvalue weighted by molar-refractivity contribution is -0.145. The predicted octanol–water partition coefficient (Wildman–Crippen LogP) is 4.99. The molecule has 9 heteroatoms. The molecule has 0 aliphatic carbocycles. The van der Waals surface area contributed by atoms with E-state index in [1.54, 1.807) is 11.8 Å². The summed E-state index contributed by atoms with van der Waals surface area (Å²) in [5.41, 5.74) is 0.458. The molecule has 0 spiro atoms. The van der Waals surface area contributed by atoms with Gasteiger partial charge >= 0.3 is 12.1 Å². The van der Waals surface area contributed by atoms with Gasteiger partial charge in [-0.2, -0.15) is 11.8 Å². The molecule has 0 aliphatic rings. The maximum Gasteiger partial charge on any atom is 0.407 e. The van der Waals surface area contributed by atoms with Crippen LogP contribution in [0.25, 0.3) is 10.8 Å². The van der Waals surface area contributed by atoms with Crippen LogP contribution in [0.1, 0.15) is 53.0 Å². The fourth-order valence-electron chi connectivity index (χ4n) is 4.32. The molecule has 0 saturated carbocycles. The predicted molar refractivity (Wildman–Crippen MR) is 159 cm³/mol. The normalized spacial score (nSPS) is 13.9. The standard InChI is InChI=1S/C30H45N3O5S/c1-8-21(2)26(32-29(36)38-30(3,4)5)19-33(18-23-14-11-13-22-12-9-10-15-24(22)23)20-27(34)31-25(16-17-39-7)28(35)37-6/h9-15,21,25-26H,8,16-20H2,1-7H3,(H,31,34)(H,32,36). The zero-order chi connectivity index (χ0) is 29.0. The van der Waals surface area contributed by atoms with Crippen LogP contribution in [0.2, 0.25) is 0 Å². The molecule has 2 rings (SSSR count). The second-order valence-electron chi connectivity index (χ2n) is 10.9. The lowest BCUT2D eigenvalue weighted by atomic mass is 9.98. The Labute approximate surface area is 237 Å². The monoisotopic (exact) mass is 559 g/mol. The van der Waals surface area contributed by atoms with Crippen molar-refractivity contribution in [3.63, 3.8) is 0 Å². The van der Waals surface area contributed by atoms with Gasteiger partial charge in [-0.3, -0.25) is 9.69 Å². The molecule has 0 bridgehead atoms. The molecule has 2 N–H and O–H groups in total. The number of alkyl carbamates (subject to hydrolysis) is 1. The molecule has 2 aromatic carbocycles. The first-order valence-corrected chi connectivity index (χ1v) is 14.9. The molecule has 0 heterocycles. The van der Waals surface area contributed by atoms with Crippen molar-refractivity contribution in [1.29, 1.82) is 0 Å². The Balaban J connectivity index is 2.32. The van der Waals surface area contributed by atoms with Crippen LogP contribution in [0, 0.1) is 5.92 Å². The Morgan fingerprint density at radius 3 is 2.38 bits per heavy atom. The molecule has 0 aromatic heterocycles. The number of carbonyl (C=O) groups excluding carboxylic acids is 3. The zero-order valence-corrected chi connectivity index (χ0v) is 25.2. The van der Waals surface area contributed by atoms with Crippen molar-refractivity contribution in [3.8, 4) is 0 Å². The van der Waals surface area contributed by atoms with Gasteiger partial charge < -0.3 is 20.1 Å². The molecular formula is C30H45N3O5S. The number of amides is 2. The third-order valence-electron chi connectivity index (χ3n) is 6.56. The van der Waals surface area contributed by atoms with Crippen molar-refractivity contribution in [1.82, 2.24) is 15.5 Å². The van der Waals surface area contributed by atoms with E-state index in [0.29, 0.717) is 19.5 Å². The second kappa shape index (κ2) is 15.7. The van der Waals surface area contributed by atoms with E-state index in [4.69, 9.17) is 9.47 Å².